The van der Waals surface area contributed by atoms with Crippen molar-refractivity contribution in [3.05, 3.63) is 17.5 Å². The summed E-state index contributed by atoms with van der Waals surface area (Å²) in [6.07, 6.45) is -1.09. The van der Waals surface area contributed by atoms with E-state index in [0.717, 1.165) is 32.5 Å². The summed E-state index contributed by atoms with van der Waals surface area (Å²) < 4.78 is 40.1. The van der Waals surface area contributed by atoms with Crippen LogP contribution in [0, 0.1) is 0 Å². The lowest BCUT2D eigenvalue weighted by molar-refractivity contribution is -0.142. The van der Waals surface area contributed by atoms with Gasteiger partial charge in [-0.05, 0) is 39.4 Å². The van der Waals surface area contributed by atoms with Crippen LogP contribution < -0.4 is 10.6 Å². The predicted octanol–water partition coefficient (Wildman–Crippen LogP) is 3.23. The van der Waals surface area contributed by atoms with E-state index in [9.17, 15) is 13.2 Å². The molecular formula is C17H32F3IN6. The van der Waals surface area contributed by atoms with Crippen molar-refractivity contribution in [3.63, 3.8) is 0 Å². The van der Waals surface area contributed by atoms with E-state index in [1.165, 1.54) is 17.9 Å². The van der Waals surface area contributed by atoms with Crippen LogP contribution in [-0.4, -0.2) is 53.4 Å². The molecule has 2 N–H and O–H groups in total. The first-order valence-electron chi connectivity index (χ1n) is 9.00. The number of aryl methyl sites for hydroxylation is 1. The minimum atomic E-state index is -4.47. The SMILES string of the molecule is CCN(CC)CCCC(C)NC(=NC)NCc1cn(C)nc1C(F)(F)F.I. The van der Waals surface area contributed by atoms with Crippen LogP contribution >= 0.6 is 24.0 Å². The minimum absolute atomic E-state index is 0. The van der Waals surface area contributed by atoms with Gasteiger partial charge in [-0.1, -0.05) is 13.8 Å². The quantitative estimate of drug-likeness (QED) is 0.308. The maximum atomic E-state index is 13.0. The lowest BCUT2D eigenvalue weighted by Gasteiger charge is -2.21. The lowest BCUT2D eigenvalue weighted by atomic mass is 10.2. The second-order valence-electron chi connectivity index (χ2n) is 6.31. The highest BCUT2D eigenvalue weighted by atomic mass is 127. The molecule has 0 aliphatic carbocycles. The van der Waals surface area contributed by atoms with Gasteiger partial charge in [0.25, 0.3) is 0 Å². The van der Waals surface area contributed by atoms with Gasteiger partial charge in [0, 0.05) is 38.4 Å². The van der Waals surface area contributed by atoms with Crippen molar-refractivity contribution in [2.75, 3.05) is 26.7 Å². The van der Waals surface area contributed by atoms with Crippen molar-refractivity contribution >= 4 is 29.9 Å². The van der Waals surface area contributed by atoms with Gasteiger partial charge in [0.05, 0.1) is 0 Å². The molecule has 0 aliphatic rings. The lowest BCUT2D eigenvalue weighted by Crippen LogP contribution is -2.42. The zero-order chi connectivity index (χ0) is 19.7. The third-order valence-corrected chi connectivity index (χ3v) is 4.23. The van der Waals surface area contributed by atoms with Crippen LogP contribution in [-0.2, 0) is 19.8 Å². The highest BCUT2D eigenvalue weighted by molar-refractivity contribution is 14.0. The molecule has 1 unspecified atom stereocenters. The molecule has 1 atom stereocenters. The Morgan fingerprint density at radius 3 is 2.48 bits per heavy atom. The van der Waals surface area contributed by atoms with E-state index < -0.39 is 11.9 Å². The van der Waals surface area contributed by atoms with Crippen molar-refractivity contribution in [2.24, 2.45) is 12.0 Å². The fourth-order valence-corrected chi connectivity index (χ4v) is 2.75. The maximum Gasteiger partial charge on any atom is 0.435 e. The van der Waals surface area contributed by atoms with Gasteiger partial charge in [-0.25, -0.2) is 0 Å². The Labute approximate surface area is 177 Å². The summed E-state index contributed by atoms with van der Waals surface area (Å²) in [5.41, 5.74) is -0.771. The fraction of sp³-hybridized carbons (Fsp3) is 0.765. The summed E-state index contributed by atoms with van der Waals surface area (Å²) in [7, 11) is 3.08. The third kappa shape index (κ3) is 9.13. The molecule has 1 rings (SSSR count). The Balaban J connectivity index is 0.00000676. The summed E-state index contributed by atoms with van der Waals surface area (Å²) in [6.45, 7) is 9.45. The minimum Gasteiger partial charge on any atom is -0.354 e. The Morgan fingerprint density at radius 1 is 1.33 bits per heavy atom. The van der Waals surface area contributed by atoms with Crippen LogP contribution in [0.25, 0.3) is 0 Å². The number of alkyl halides is 3. The van der Waals surface area contributed by atoms with Gasteiger partial charge in [-0.2, -0.15) is 18.3 Å². The van der Waals surface area contributed by atoms with E-state index in [1.54, 1.807) is 7.05 Å². The van der Waals surface area contributed by atoms with Gasteiger partial charge in [-0.3, -0.25) is 9.67 Å². The Hall–Kier alpha value is -1.04. The van der Waals surface area contributed by atoms with Crippen LogP contribution in [0.5, 0.6) is 0 Å². The molecule has 27 heavy (non-hydrogen) atoms. The predicted molar refractivity (Wildman–Crippen MR) is 113 cm³/mol. The number of nitrogens with zero attached hydrogens (tertiary/aromatic N) is 4. The molecule has 0 fully saturated rings. The van der Waals surface area contributed by atoms with Crippen LogP contribution in [0.3, 0.4) is 0 Å². The van der Waals surface area contributed by atoms with Crippen molar-refractivity contribution in [3.8, 4) is 0 Å². The Bertz CT molecular complexity index is 570. The summed E-state index contributed by atoms with van der Waals surface area (Å²) >= 11 is 0. The van der Waals surface area contributed by atoms with Crippen molar-refractivity contribution < 1.29 is 13.2 Å². The molecule has 1 heterocycles. The molecule has 10 heteroatoms. The highest BCUT2D eigenvalue weighted by Gasteiger charge is 2.36. The van der Waals surface area contributed by atoms with E-state index >= 15 is 0 Å². The first-order valence-corrected chi connectivity index (χ1v) is 9.00. The van der Waals surface area contributed by atoms with Gasteiger partial charge < -0.3 is 15.5 Å². The van der Waals surface area contributed by atoms with Crippen LogP contribution in [0.1, 0.15) is 44.9 Å². The number of hydrogen-bond acceptors (Lipinski definition) is 3. The molecule has 0 saturated carbocycles. The first kappa shape index (κ1) is 26.0. The molecule has 1 aromatic heterocycles. The number of aliphatic imine (C=N–C) groups is 1. The smallest absolute Gasteiger partial charge is 0.354 e. The van der Waals surface area contributed by atoms with E-state index in [0.29, 0.717) is 5.96 Å². The highest BCUT2D eigenvalue weighted by Crippen LogP contribution is 2.30. The molecule has 6 nitrogen and oxygen atoms in total. The number of aromatic nitrogens is 2. The second-order valence-corrected chi connectivity index (χ2v) is 6.31. The van der Waals surface area contributed by atoms with Gasteiger partial charge >= 0.3 is 6.18 Å². The average molecular weight is 504 g/mol. The molecule has 158 valence electrons. The van der Waals surface area contributed by atoms with E-state index in [2.05, 4.69) is 39.5 Å². The number of halogens is 4. The molecule has 0 aliphatic heterocycles. The van der Waals surface area contributed by atoms with E-state index in [-0.39, 0.29) is 42.1 Å². The standard InChI is InChI=1S/C17H31F3N6.HI/c1-6-26(7-2)10-8-9-13(3)23-16(21-4)22-11-14-12-25(5)24-15(14)17(18,19)20;/h12-13H,6-11H2,1-5H3,(H2,21,22,23);1H. The van der Waals surface area contributed by atoms with Crippen molar-refractivity contribution in [2.45, 2.75) is 52.4 Å². The summed E-state index contributed by atoms with van der Waals surface area (Å²) in [5.74, 6) is 0.484. The summed E-state index contributed by atoms with van der Waals surface area (Å²) in [6, 6.07) is 0.174. The largest absolute Gasteiger partial charge is 0.435 e. The van der Waals surface area contributed by atoms with Gasteiger partial charge in [-0.15, -0.1) is 24.0 Å². The average Bonchev–Trinajstić information content (AvgIpc) is 2.96. The van der Waals surface area contributed by atoms with Gasteiger partial charge in [0.2, 0.25) is 0 Å². The monoisotopic (exact) mass is 504 g/mol. The molecule has 0 saturated heterocycles. The first-order chi connectivity index (χ1) is 12.2. The van der Waals surface area contributed by atoms with Crippen molar-refractivity contribution in [1.82, 2.24) is 25.3 Å². The Morgan fingerprint density at radius 2 is 1.96 bits per heavy atom. The summed E-state index contributed by atoms with van der Waals surface area (Å²) in [5, 5.41) is 9.67. The summed E-state index contributed by atoms with van der Waals surface area (Å²) in [4.78, 5) is 6.45. The zero-order valence-corrected chi connectivity index (χ0v) is 19.1. The van der Waals surface area contributed by atoms with Crippen LogP contribution in [0.15, 0.2) is 11.2 Å². The Kier molecular flexibility index (Phi) is 11.9. The van der Waals surface area contributed by atoms with Crippen molar-refractivity contribution in [1.29, 1.82) is 0 Å². The molecule has 0 spiro atoms. The van der Waals surface area contributed by atoms with Crippen LogP contribution in [0.2, 0.25) is 0 Å². The molecule has 0 bridgehead atoms. The molecule has 0 aromatic carbocycles. The number of guanidine groups is 1. The van der Waals surface area contributed by atoms with E-state index in [1.807, 2.05) is 6.92 Å². The number of rotatable bonds is 9. The second kappa shape index (κ2) is 12.4. The fourth-order valence-electron chi connectivity index (χ4n) is 2.75. The third-order valence-electron chi connectivity index (χ3n) is 4.23. The maximum absolute atomic E-state index is 13.0. The molecule has 1 aromatic rings. The van der Waals surface area contributed by atoms with E-state index in [4.69, 9.17) is 0 Å². The zero-order valence-electron chi connectivity index (χ0n) is 16.7. The topological polar surface area (TPSA) is 57.5 Å². The van der Waals surface area contributed by atoms with Gasteiger partial charge in [0.15, 0.2) is 11.7 Å². The van der Waals surface area contributed by atoms with Crippen LogP contribution in [0.4, 0.5) is 13.2 Å². The molecule has 0 radical (unpaired) electrons. The molecule has 0 amide bonds. The molecular weight excluding hydrogens is 472 g/mol. The number of hydrogen-bond donors (Lipinski definition) is 2. The normalized spacial score (nSPS) is 13.4. The van der Waals surface area contributed by atoms with Gasteiger partial charge in [0.1, 0.15) is 0 Å². The number of nitrogens with one attached hydrogen (secondary N) is 2.